The molecule has 2 aromatic carbocycles. The van der Waals surface area contributed by atoms with Crippen LogP contribution in [0.4, 0.5) is 11.4 Å². The van der Waals surface area contributed by atoms with Crippen LogP contribution in [0.25, 0.3) is 0 Å². The van der Waals surface area contributed by atoms with Crippen LogP contribution in [0.15, 0.2) is 48.5 Å². The predicted molar refractivity (Wildman–Crippen MR) is 112 cm³/mol. The lowest BCUT2D eigenvalue weighted by atomic mass is 9.85. The van der Waals surface area contributed by atoms with Gasteiger partial charge in [-0.3, -0.25) is 9.59 Å². The van der Waals surface area contributed by atoms with Gasteiger partial charge in [-0.05, 0) is 54.2 Å². The first kappa shape index (κ1) is 20.6. The third kappa shape index (κ3) is 4.31. The Balaban J connectivity index is 1.72. The summed E-state index contributed by atoms with van der Waals surface area (Å²) >= 11 is 0. The van der Waals surface area contributed by atoms with E-state index in [0.717, 1.165) is 11.3 Å². The molecule has 0 spiro atoms. The number of hydrogen-bond acceptors (Lipinski definition) is 4. The van der Waals surface area contributed by atoms with Crippen molar-refractivity contribution < 1.29 is 19.1 Å². The lowest BCUT2D eigenvalue weighted by molar-refractivity contribution is -0.131. The number of hydrogen-bond donors (Lipinski definition) is 2. The summed E-state index contributed by atoms with van der Waals surface area (Å²) in [4.78, 5) is 37.3. The van der Waals surface area contributed by atoms with Gasteiger partial charge in [-0.2, -0.15) is 0 Å². The number of rotatable bonds is 5. The number of anilines is 2. The highest BCUT2D eigenvalue weighted by molar-refractivity contribution is 6.17. The number of amides is 2. The Labute approximate surface area is 170 Å². The maximum absolute atomic E-state index is 13.0. The Hall–Kier alpha value is -3.15. The van der Waals surface area contributed by atoms with E-state index in [9.17, 15) is 14.4 Å². The smallest absolute Gasteiger partial charge is 0.337 e. The summed E-state index contributed by atoms with van der Waals surface area (Å²) in [6.45, 7) is 6.24. The van der Waals surface area contributed by atoms with E-state index in [1.807, 2.05) is 24.3 Å². The molecule has 0 heterocycles. The molecule has 3 rings (SSSR count). The Morgan fingerprint density at radius 2 is 1.48 bits per heavy atom. The number of para-hydroxylation sites is 1. The second kappa shape index (κ2) is 7.70. The van der Waals surface area contributed by atoms with Crippen molar-refractivity contribution in [2.45, 2.75) is 39.0 Å². The van der Waals surface area contributed by atoms with Crippen molar-refractivity contribution >= 4 is 29.2 Å². The van der Waals surface area contributed by atoms with Gasteiger partial charge in [0.25, 0.3) is 0 Å². The summed E-state index contributed by atoms with van der Waals surface area (Å²) in [7, 11) is 1.31. The van der Waals surface area contributed by atoms with Crippen LogP contribution in [-0.4, -0.2) is 24.9 Å². The Kier molecular flexibility index (Phi) is 5.46. The number of methoxy groups -OCH3 is 1. The SMILES string of the molecule is COC(=O)c1ccc(NC(=O)C2(C(=O)Nc3ccccc3C(C)(C)C)CC2)cc1. The number of ether oxygens (including phenoxy) is 1. The first-order valence-electron chi connectivity index (χ1n) is 9.58. The predicted octanol–water partition coefficient (Wildman–Crippen LogP) is 4.13. The summed E-state index contributed by atoms with van der Waals surface area (Å²) in [6, 6.07) is 14.0. The van der Waals surface area contributed by atoms with Crippen LogP contribution in [0, 0.1) is 5.41 Å². The molecule has 6 nitrogen and oxygen atoms in total. The Morgan fingerprint density at radius 1 is 0.897 bits per heavy atom. The summed E-state index contributed by atoms with van der Waals surface area (Å²) in [5.41, 5.74) is 1.46. The number of nitrogens with one attached hydrogen (secondary N) is 2. The van der Waals surface area contributed by atoms with Gasteiger partial charge in [0.2, 0.25) is 11.8 Å². The summed E-state index contributed by atoms with van der Waals surface area (Å²) in [6.07, 6.45) is 1.01. The highest BCUT2D eigenvalue weighted by atomic mass is 16.5. The van der Waals surface area contributed by atoms with Crippen LogP contribution in [0.3, 0.4) is 0 Å². The number of carbonyl (C=O) groups excluding carboxylic acids is 3. The fourth-order valence-corrected chi connectivity index (χ4v) is 3.23. The average Bonchev–Trinajstić information content (AvgIpc) is 3.50. The van der Waals surface area contributed by atoms with Crippen molar-refractivity contribution in [3.05, 3.63) is 59.7 Å². The molecule has 0 atom stereocenters. The van der Waals surface area contributed by atoms with Crippen LogP contribution in [0.1, 0.15) is 49.5 Å². The molecule has 152 valence electrons. The minimum atomic E-state index is -1.06. The number of benzene rings is 2. The molecule has 0 saturated heterocycles. The van der Waals surface area contributed by atoms with Crippen molar-refractivity contribution in [2.24, 2.45) is 5.41 Å². The Morgan fingerprint density at radius 3 is 2.03 bits per heavy atom. The van der Waals surface area contributed by atoms with E-state index in [0.29, 0.717) is 24.1 Å². The average molecular weight is 394 g/mol. The fourth-order valence-electron chi connectivity index (χ4n) is 3.23. The Bertz CT molecular complexity index is 938. The molecule has 0 unspecified atom stereocenters. The van der Waals surface area contributed by atoms with Gasteiger partial charge in [0.15, 0.2) is 0 Å². The molecule has 0 aromatic heterocycles. The monoisotopic (exact) mass is 394 g/mol. The van der Waals surface area contributed by atoms with Crippen molar-refractivity contribution in [3.8, 4) is 0 Å². The molecular weight excluding hydrogens is 368 g/mol. The molecule has 1 fully saturated rings. The third-order valence-electron chi connectivity index (χ3n) is 5.17. The molecule has 2 amide bonds. The number of esters is 1. The standard InChI is InChI=1S/C23H26N2O4/c1-22(2,3)17-7-5-6-8-18(17)25-21(28)23(13-14-23)20(27)24-16-11-9-15(10-12-16)19(26)29-4/h5-12H,13-14H2,1-4H3,(H,24,27)(H,25,28). The van der Waals surface area contributed by atoms with Gasteiger partial charge < -0.3 is 15.4 Å². The summed E-state index contributed by atoms with van der Waals surface area (Å²) < 4.78 is 4.66. The molecule has 1 saturated carbocycles. The van der Waals surface area contributed by atoms with Gasteiger partial charge in [0.05, 0.1) is 12.7 Å². The van der Waals surface area contributed by atoms with E-state index in [2.05, 4.69) is 36.1 Å². The third-order valence-corrected chi connectivity index (χ3v) is 5.17. The van der Waals surface area contributed by atoms with Crippen molar-refractivity contribution in [2.75, 3.05) is 17.7 Å². The number of carbonyl (C=O) groups is 3. The van der Waals surface area contributed by atoms with E-state index in [-0.39, 0.29) is 17.2 Å². The van der Waals surface area contributed by atoms with Gasteiger partial charge in [0.1, 0.15) is 5.41 Å². The van der Waals surface area contributed by atoms with E-state index < -0.39 is 11.4 Å². The lowest BCUT2D eigenvalue weighted by Crippen LogP contribution is -2.36. The van der Waals surface area contributed by atoms with E-state index in [1.165, 1.54) is 7.11 Å². The normalized spacial score (nSPS) is 14.6. The highest BCUT2D eigenvalue weighted by Gasteiger charge is 2.56. The fraction of sp³-hybridized carbons (Fsp3) is 0.348. The summed E-state index contributed by atoms with van der Waals surface area (Å²) in [5.74, 6) is -1.08. The van der Waals surface area contributed by atoms with Crippen LogP contribution >= 0.6 is 0 Å². The molecule has 0 radical (unpaired) electrons. The van der Waals surface area contributed by atoms with Gasteiger partial charge >= 0.3 is 5.97 Å². The van der Waals surface area contributed by atoms with E-state index in [4.69, 9.17) is 0 Å². The topological polar surface area (TPSA) is 84.5 Å². The molecule has 1 aliphatic rings. The first-order chi connectivity index (χ1) is 13.7. The zero-order chi connectivity index (χ0) is 21.2. The van der Waals surface area contributed by atoms with Gasteiger partial charge in [0, 0.05) is 11.4 Å². The van der Waals surface area contributed by atoms with Gasteiger partial charge in [-0.1, -0.05) is 39.0 Å². The van der Waals surface area contributed by atoms with E-state index in [1.54, 1.807) is 24.3 Å². The van der Waals surface area contributed by atoms with Crippen LogP contribution in [0.5, 0.6) is 0 Å². The maximum Gasteiger partial charge on any atom is 0.337 e. The van der Waals surface area contributed by atoms with Crippen LogP contribution < -0.4 is 10.6 Å². The van der Waals surface area contributed by atoms with Crippen molar-refractivity contribution in [3.63, 3.8) is 0 Å². The molecule has 6 heteroatoms. The molecule has 1 aliphatic carbocycles. The molecule has 29 heavy (non-hydrogen) atoms. The van der Waals surface area contributed by atoms with Gasteiger partial charge in [-0.15, -0.1) is 0 Å². The first-order valence-corrected chi connectivity index (χ1v) is 9.58. The minimum Gasteiger partial charge on any atom is -0.465 e. The van der Waals surface area contributed by atoms with Crippen molar-refractivity contribution in [1.29, 1.82) is 0 Å². The highest BCUT2D eigenvalue weighted by Crippen LogP contribution is 2.48. The second-order valence-electron chi connectivity index (χ2n) is 8.35. The molecular formula is C23H26N2O4. The zero-order valence-corrected chi connectivity index (χ0v) is 17.2. The molecule has 0 bridgehead atoms. The minimum absolute atomic E-state index is 0.135. The molecule has 2 aromatic rings. The lowest BCUT2D eigenvalue weighted by Gasteiger charge is -2.24. The quantitative estimate of drug-likeness (QED) is 0.590. The second-order valence-corrected chi connectivity index (χ2v) is 8.35. The maximum atomic E-state index is 13.0. The summed E-state index contributed by atoms with van der Waals surface area (Å²) in [5, 5.41) is 5.75. The van der Waals surface area contributed by atoms with Crippen LogP contribution in [0.2, 0.25) is 0 Å². The molecule has 2 N–H and O–H groups in total. The largest absolute Gasteiger partial charge is 0.465 e. The van der Waals surface area contributed by atoms with Gasteiger partial charge in [-0.25, -0.2) is 4.79 Å². The molecule has 0 aliphatic heterocycles. The van der Waals surface area contributed by atoms with E-state index >= 15 is 0 Å². The van der Waals surface area contributed by atoms with Crippen molar-refractivity contribution in [1.82, 2.24) is 0 Å². The van der Waals surface area contributed by atoms with Crippen LogP contribution in [-0.2, 0) is 19.7 Å². The zero-order valence-electron chi connectivity index (χ0n) is 17.2.